The van der Waals surface area contributed by atoms with Crippen molar-refractivity contribution in [3.05, 3.63) is 59.1 Å². The number of carbonyl (C=O) groups is 3. The van der Waals surface area contributed by atoms with Crippen LogP contribution < -0.4 is 9.64 Å². The summed E-state index contributed by atoms with van der Waals surface area (Å²) in [5, 5.41) is 0.405. The van der Waals surface area contributed by atoms with Crippen LogP contribution in [0, 0.1) is 11.8 Å². The molecule has 0 aliphatic carbocycles. The van der Waals surface area contributed by atoms with Crippen molar-refractivity contribution in [1.82, 2.24) is 4.90 Å². The lowest BCUT2D eigenvalue weighted by molar-refractivity contribution is -0.123. The largest absolute Gasteiger partial charge is 0.495 e. The number of hydrogen-bond acceptors (Lipinski definition) is 5. The first-order valence-corrected chi connectivity index (χ1v) is 10.5. The Morgan fingerprint density at radius 2 is 1.80 bits per heavy atom. The van der Waals surface area contributed by atoms with E-state index in [9.17, 15) is 14.4 Å². The van der Waals surface area contributed by atoms with Gasteiger partial charge >= 0.3 is 0 Å². The highest BCUT2D eigenvalue weighted by Crippen LogP contribution is 2.49. The zero-order valence-electron chi connectivity index (χ0n) is 16.5. The topological polar surface area (TPSA) is 66.9 Å². The molecule has 2 aromatic rings. The highest BCUT2D eigenvalue weighted by molar-refractivity contribution is 6.32. The minimum absolute atomic E-state index is 0.0979. The van der Waals surface area contributed by atoms with Crippen molar-refractivity contribution in [3.63, 3.8) is 0 Å². The highest BCUT2D eigenvalue weighted by Gasteiger charge is 2.65. The number of halogens is 1. The van der Waals surface area contributed by atoms with E-state index in [4.69, 9.17) is 16.3 Å². The molecule has 0 radical (unpaired) electrons. The van der Waals surface area contributed by atoms with Crippen molar-refractivity contribution in [3.8, 4) is 5.75 Å². The number of benzene rings is 2. The molecule has 3 fully saturated rings. The number of nitrogens with zero attached hydrogens (tertiary/aromatic N) is 2. The maximum absolute atomic E-state index is 13.6. The molecule has 154 valence electrons. The van der Waals surface area contributed by atoms with Crippen molar-refractivity contribution in [2.75, 3.05) is 18.6 Å². The molecule has 5 rings (SSSR count). The van der Waals surface area contributed by atoms with Gasteiger partial charge < -0.3 is 4.74 Å². The van der Waals surface area contributed by atoms with Gasteiger partial charge in [0.2, 0.25) is 11.8 Å². The number of ketones is 1. The molecule has 30 heavy (non-hydrogen) atoms. The first-order valence-electron chi connectivity index (χ1n) is 10.1. The van der Waals surface area contributed by atoms with E-state index in [0.717, 1.165) is 19.4 Å². The third kappa shape index (κ3) is 2.71. The molecule has 0 saturated carbocycles. The summed E-state index contributed by atoms with van der Waals surface area (Å²) in [7, 11) is 1.49. The minimum Gasteiger partial charge on any atom is -0.495 e. The SMILES string of the molecule is COc1ccc(Cl)cc1N1C(=O)C2C(C1=O)C(C(=O)c1ccccc1)N1CCCC21. The Hall–Kier alpha value is -2.70. The fraction of sp³-hybridized carbons (Fsp3) is 0.348. The van der Waals surface area contributed by atoms with Crippen molar-refractivity contribution in [2.45, 2.75) is 24.9 Å². The Bertz CT molecular complexity index is 1040. The van der Waals surface area contributed by atoms with Gasteiger partial charge in [-0.1, -0.05) is 41.9 Å². The number of rotatable bonds is 4. The van der Waals surface area contributed by atoms with E-state index in [2.05, 4.69) is 4.90 Å². The van der Waals surface area contributed by atoms with Gasteiger partial charge in [-0.15, -0.1) is 0 Å². The zero-order valence-corrected chi connectivity index (χ0v) is 17.2. The molecule has 4 unspecified atom stereocenters. The van der Waals surface area contributed by atoms with Gasteiger partial charge in [0.1, 0.15) is 5.75 Å². The number of imide groups is 1. The van der Waals surface area contributed by atoms with Crippen molar-refractivity contribution in [2.24, 2.45) is 11.8 Å². The lowest BCUT2D eigenvalue weighted by Gasteiger charge is -2.28. The highest BCUT2D eigenvalue weighted by atomic mass is 35.5. The molecule has 4 atom stereocenters. The maximum atomic E-state index is 13.6. The predicted molar refractivity (Wildman–Crippen MR) is 112 cm³/mol. The van der Waals surface area contributed by atoms with Crippen LogP contribution >= 0.6 is 11.6 Å². The Kier molecular flexibility index (Phi) is 4.64. The summed E-state index contributed by atoms with van der Waals surface area (Å²) in [6.07, 6.45) is 1.72. The van der Waals surface area contributed by atoms with Crippen LogP contribution in [0.15, 0.2) is 48.5 Å². The molecular weight excluding hydrogens is 404 g/mol. The van der Waals surface area contributed by atoms with Crippen molar-refractivity contribution < 1.29 is 19.1 Å². The number of fused-ring (bicyclic) bond motifs is 3. The lowest BCUT2D eigenvalue weighted by atomic mass is 9.85. The Labute approximate surface area is 179 Å². The quantitative estimate of drug-likeness (QED) is 0.557. The predicted octanol–water partition coefficient (Wildman–Crippen LogP) is 3.18. The molecule has 6 nitrogen and oxygen atoms in total. The van der Waals surface area contributed by atoms with E-state index in [1.54, 1.807) is 30.3 Å². The Morgan fingerprint density at radius 1 is 1.07 bits per heavy atom. The van der Waals surface area contributed by atoms with Gasteiger partial charge in [-0.25, -0.2) is 4.90 Å². The molecule has 0 spiro atoms. The number of anilines is 1. The number of ether oxygens (including phenoxy) is 1. The van der Waals surface area contributed by atoms with Gasteiger partial charge in [0.25, 0.3) is 0 Å². The third-order valence-electron chi connectivity index (χ3n) is 6.56. The first kappa shape index (κ1) is 19.3. The van der Waals surface area contributed by atoms with Crippen LogP contribution in [0.1, 0.15) is 23.2 Å². The van der Waals surface area contributed by atoms with Crippen LogP contribution in [-0.4, -0.2) is 48.2 Å². The Morgan fingerprint density at radius 3 is 2.53 bits per heavy atom. The number of carbonyl (C=O) groups excluding carboxylic acids is 3. The van der Waals surface area contributed by atoms with Crippen LogP contribution in [-0.2, 0) is 9.59 Å². The zero-order chi connectivity index (χ0) is 21.0. The van der Waals surface area contributed by atoms with E-state index in [0.29, 0.717) is 22.0 Å². The van der Waals surface area contributed by atoms with Gasteiger partial charge in [-0.3, -0.25) is 19.3 Å². The van der Waals surface area contributed by atoms with E-state index >= 15 is 0 Å². The van der Waals surface area contributed by atoms with Crippen LogP contribution in [0.5, 0.6) is 5.75 Å². The molecule has 3 aliphatic heterocycles. The van der Waals surface area contributed by atoms with Gasteiger partial charge in [0, 0.05) is 16.6 Å². The summed E-state index contributed by atoms with van der Waals surface area (Å²) in [4.78, 5) is 43.8. The lowest BCUT2D eigenvalue weighted by Crippen LogP contribution is -2.46. The number of amides is 2. The summed E-state index contributed by atoms with van der Waals surface area (Å²) in [5.41, 5.74) is 0.901. The monoisotopic (exact) mass is 424 g/mol. The average molecular weight is 425 g/mol. The second-order valence-electron chi connectivity index (χ2n) is 8.00. The minimum atomic E-state index is -0.695. The molecule has 0 aromatic heterocycles. The molecule has 2 amide bonds. The molecule has 3 saturated heterocycles. The average Bonchev–Trinajstić information content (AvgIpc) is 3.40. The molecular formula is C23H21ClN2O4. The molecule has 0 N–H and O–H groups in total. The van der Waals surface area contributed by atoms with Crippen molar-refractivity contribution >= 4 is 34.9 Å². The van der Waals surface area contributed by atoms with Crippen LogP contribution in [0.3, 0.4) is 0 Å². The first-order chi connectivity index (χ1) is 14.5. The standard InChI is InChI=1S/C23H21ClN2O4/c1-30-17-10-9-14(24)12-16(17)26-22(28)18-15-8-5-11-25(15)20(19(18)23(26)29)21(27)13-6-3-2-4-7-13/h2-4,6-7,9-10,12,15,18-20H,5,8,11H2,1H3. The molecule has 7 heteroatoms. The normalized spacial score (nSPS) is 28.0. The maximum Gasteiger partial charge on any atom is 0.239 e. The van der Waals surface area contributed by atoms with E-state index < -0.39 is 17.9 Å². The summed E-state index contributed by atoms with van der Waals surface area (Å²) >= 11 is 6.15. The fourth-order valence-electron chi connectivity index (χ4n) is 5.36. The van der Waals surface area contributed by atoms with Gasteiger partial charge in [0.05, 0.1) is 30.7 Å². The van der Waals surface area contributed by atoms with Crippen molar-refractivity contribution in [1.29, 1.82) is 0 Å². The molecule has 3 aliphatic rings. The number of methoxy groups -OCH3 is 1. The summed E-state index contributed by atoms with van der Waals surface area (Å²) < 4.78 is 5.38. The smallest absolute Gasteiger partial charge is 0.239 e. The van der Waals surface area contributed by atoms with Crippen LogP contribution in [0.2, 0.25) is 5.02 Å². The van der Waals surface area contributed by atoms with E-state index in [-0.39, 0.29) is 23.6 Å². The van der Waals surface area contributed by atoms with E-state index in [1.165, 1.54) is 12.0 Å². The molecule has 0 bridgehead atoms. The van der Waals surface area contributed by atoms with Crippen LogP contribution in [0.25, 0.3) is 0 Å². The third-order valence-corrected chi connectivity index (χ3v) is 6.80. The van der Waals surface area contributed by atoms with Gasteiger partial charge in [-0.2, -0.15) is 0 Å². The second kappa shape index (κ2) is 7.22. The number of hydrogen-bond donors (Lipinski definition) is 0. The fourth-order valence-corrected chi connectivity index (χ4v) is 5.53. The Balaban J connectivity index is 1.58. The van der Waals surface area contributed by atoms with Gasteiger partial charge in [0.15, 0.2) is 5.78 Å². The van der Waals surface area contributed by atoms with Gasteiger partial charge in [-0.05, 0) is 37.6 Å². The molecule has 2 aromatic carbocycles. The summed E-state index contributed by atoms with van der Waals surface area (Å²) in [5.74, 6) is -1.55. The van der Waals surface area contributed by atoms with Crippen LogP contribution in [0.4, 0.5) is 5.69 Å². The van der Waals surface area contributed by atoms with E-state index in [1.807, 2.05) is 18.2 Å². The summed E-state index contributed by atoms with van der Waals surface area (Å²) in [6.45, 7) is 0.724. The second-order valence-corrected chi connectivity index (χ2v) is 8.44. The summed E-state index contributed by atoms with van der Waals surface area (Å²) in [6, 6.07) is 13.1. The number of Topliss-reactive ketones (excluding diaryl/α,β-unsaturated/α-hetero) is 1. The molecule has 3 heterocycles.